The zero-order valence-electron chi connectivity index (χ0n) is 12.4. The van der Waals surface area contributed by atoms with Gasteiger partial charge in [0.05, 0.1) is 11.1 Å². The Labute approximate surface area is 154 Å². The fourth-order valence-electron chi connectivity index (χ4n) is 1.70. The fourth-order valence-corrected chi connectivity index (χ4v) is 2.96. The summed E-state index contributed by atoms with van der Waals surface area (Å²) in [6.07, 6.45) is 3.02. The molecular formula is C16H14BrClN2O3S. The van der Waals surface area contributed by atoms with Crippen molar-refractivity contribution >= 4 is 43.8 Å². The van der Waals surface area contributed by atoms with E-state index in [1.807, 2.05) is 0 Å². The van der Waals surface area contributed by atoms with Crippen LogP contribution in [0.3, 0.4) is 0 Å². The first-order valence-electron chi connectivity index (χ1n) is 6.76. The van der Waals surface area contributed by atoms with Gasteiger partial charge in [0, 0.05) is 15.1 Å². The number of nitrogens with one attached hydrogen (secondary N) is 1. The van der Waals surface area contributed by atoms with Gasteiger partial charge in [0.1, 0.15) is 12.4 Å². The zero-order valence-corrected chi connectivity index (χ0v) is 15.6. The normalized spacial score (nSPS) is 11.4. The maximum absolute atomic E-state index is 12.1. The van der Waals surface area contributed by atoms with Crippen LogP contribution in [0.4, 0.5) is 0 Å². The van der Waals surface area contributed by atoms with Gasteiger partial charge in [0.15, 0.2) is 0 Å². The van der Waals surface area contributed by atoms with Crippen LogP contribution in [-0.2, 0) is 10.0 Å². The van der Waals surface area contributed by atoms with Crippen LogP contribution < -0.4 is 9.57 Å². The molecule has 24 heavy (non-hydrogen) atoms. The van der Waals surface area contributed by atoms with Gasteiger partial charge in [-0.15, -0.1) is 0 Å². The molecule has 0 amide bonds. The molecule has 0 fully saturated rings. The number of rotatable bonds is 7. The molecule has 0 radical (unpaired) electrons. The SMILES string of the molecule is C=CCOc1ccc(Br)c(C=NNS(=O)(=O)c2ccc(Cl)cc2)c1. The summed E-state index contributed by atoms with van der Waals surface area (Å²) in [5.41, 5.74) is 0.662. The highest BCUT2D eigenvalue weighted by Gasteiger charge is 2.12. The van der Waals surface area contributed by atoms with Crippen LogP contribution in [0.25, 0.3) is 0 Å². The molecule has 0 aliphatic heterocycles. The molecule has 0 aliphatic rings. The van der Waals surface area contributed by atoms with Gasteiger partial charge in [-0.25, -0.2) is 4.83 Å². The van der Waals surface area contributed by atoms with Crippen molar-refractivity contribution in [3.8, 4) is 5.75 Å². The molecule has 5 nitrogen and oxygen atoms in total. The molecule has 0 saturated heterocycles. The molecule has 126 valence electrons. The topological polar surface area (TPSA) is 67.8 Å². The molecule has 2 aromatic carbocycles. The first-order chi connectivity index (χ1) is 11.4. The lowest BCUT2D eigenvalue weighted by molar-refractivity contribution is 0.363. The number of hydrogen-bond acceptors (Lipinski definition) is 4. The largest absolute Gasteiger partial charge is 0.490 e. The minimum absolute atomic E-state index is 0.0752. The van der Waals surface area contributed by atoms with Crippen molar-refractivity contribution in [2.75, 3.05) is 6.61 Å². The summed E-state index contributed by atoms with van der Waals surface area (Å²) < 4.78 is 30.4. The summed E-state index contributed by atoms with van der Waals surface area (Å²) in [6.45, 7) is 3.96. The van der Waals surface area contributed by atoms with E-state index in [0.717, 1.165) is 4.47 Å². The van der Waals surface area contributed by atoms with E-state index in [4.69, 9.17) is 16.3 Å². The van der Waals surface area contributed by atoms with Gasteiger partial charge in [0.2, 0.25) is 0 Å². The molecule has 0 heterocycles. The molecule has 0 aromatic heterocycles. The molecule has 8 heteroatoms. The van der Waals surface area contributed by atoms with Gasteiger partial charge in [-0.3, -0.25) is 0 Å². The Morgan fingerprint density at radius 2 is 1.96 bits per heavy atom. The highest BCUT2D eigenvalue weighted by Crippen LogP contribution is 2.21. The van der Waals surface area contributed by atoms with Gasteiger partial charge in [0.25, 0.3) is 10.0 Å². The Morgan fingerprint density at radius 1 is 1.25 bits per heavy atom. The molecule has 1 N–H and O–H groups in total. The van der Waals surface area contributed by atoms with E-state index in [2.05, 4.69) is 32.4 Å². The average Bonchev–Trinajstić information content (AvgIpc) is 2.55. The van der Waals surface area contributed by atoms with Crippen LogP contribution in [0.1, 0.15) is 5.56 Å². The van der Waals surface area contributed by atoms with Gasteiger partial charge in [-0.1, -0.05) is 40.2 Å². The van der Waals surface area contributed by atoms with E-state index in [9.17, 15) is 8.42 Å². The first kappa shape index (κ1) is 18.5. The second kappa shape index (κ2) is 8.32. The smallest absolute Gasteiger partial charge is 0.276 e. The standard InChI is InChI=1S/C16H14BrClN2O3S/c1-2-9-23-14-5-8-16(17)12(10-14)11-19-20-24(21,22)15-6-3-13(18)4-7-15/h2-8,10-11,20H,1,9H2. The van der Waals surface area contributed by atoms with Crippen LogP contribution in [-0.4, -0.2) is 21.2 Å². The van der Waals surface area contributed by atoms with Crippen molar-refractivity contribution < 1.29 is 13.2 Å². The molecular weight excluding hydrogens is 416 g/mol. The van der Waals surface area contributed by atoms with Crippen molar-refractivity contribution in [2.24, 2.45) is 5.10 Å². The zero-order chi connectivity index (χ0) is 17.6. The van der Waals surface area contributed by atoms with Crippen molar-refractivity contribution in [1.29, 1.82) is 0 Å². The molecule has 2 aromatic rings. The number of nitrogens with zero attached hydrogens (tertiary/aromatic N) is 1. The molecule has 0 bridgehead atoms. The third-order valence-corrected chi connectivity index (χ3v) is 5.05. The minimum atomic E-state index is -3.75. The average molecular weight is 430 g/mol. The molecule has 0 aliphatic carbocycles. The van der Waals surface area contributed by atoms with Crippen molar-refractivity contribution in [2.45, 2.75) is 4.90 Å². The van der Waals surface area contributed by atoms with Crippen LogP contribution >= 0.6 is 27.5 Å². The van der Waals surface area contributed by atoms with E-state index >= 15 is 0 Å². The van der Waals surface area contributed by atoms with Gasteiger partial charge < -0.3 is 4.74 Å². The quantitative estimate of drug-likeness (QED) is 0.411. The molecule has 0 saturated carbocycles. The summed E-state index contributed by atoms with van der Waals surface area (Å²) in [5, 5.41) is 4.25. The lowest BCUT2D eigenvalue weighted by Crippen LogP contribution is -2.18. The van der Waals surface area contributed by atoms with Gasteiger partial charge in [-0.05, 0) is 42.5 Å². The van der Waals surface area contributed by atoms with Gasteiger partial charge in [-0.2, -0.15) is 13.5 Å². The Morgan fingerprint density at radius 3 is 2.62 bits per heavy atom. The third kappa shape index (κ3) is 5.09. The number of benzene rings is 2. The van der Waals surface area contributed by atoms with Crippen molar-refractivity contribution in [3.05, 3.63) is 70.2 Å². The Kier molecular flexibility index (Phi) is 6.42. The van der Waals surface area contributed by atoms with E-state index in [0.29, 0.717) is 22.9 Å². The summed E-state index contributed by atoms with van der Waals surface area (Å²) in [7, 11) is -3.75. The van der Waals surface area contributed by atoms with Crippen LogP contribution in [0.5, 0.6) is 5.75 Å². The number of sulfonamides is 1. The first-order valence-corrected chi connectivity index (χ1v) is 9.41. The number of ether oxygens (including phenoxy) is 1. The van der Waals surface area contributed by atoms with Gasteiger partial charge >= 0.3 is 0 Å². The molecule has 0 spiro atoms. The summed E-state index contributed by atoms with van der Waals surface area (Å²) >= 11 is 9.12. The molecule has 2 rings (SSSR count). The maximum atomic E-state index is 12.1. The van der Waals surface area contributed by atoms with E-state index < -0.39 is 10.0 Å². The lowest BCUT2D eigenvalue weighted by Gasteiger charge is -2.06. The summed E-state index contributed by atoms with van der Waals surface area (Å²) in [4.78, 5) is 2.23. The third-order valence-electron chi connectivity index (χ3n) is 2.84. The number of hydrazone groups is 1. The highest BCUT2D eigenvalue weighted by atomic mass is 79.9. The van der Waals surface area contributed by atoms with E-state index in [1.54, 1.807) is 24.3 Å². The van der Waals surface area contributed by atoms with Crippen LogP contribution in [0.15, 0.2) is 69.6 Å². The molecule has 0 atom stereocenters. The number of halogens is 2. The van der Waals surface area contributed by atoms with Crippen LogP contribution in [0, 0.1) is 0 Å². The predicted octanol–water partition coefficient (Wildman–Crippen LogP) is 3.98. The monoisotopic (exact) mass is 428 g/mol. The molecule has 0 unspecified atom stereocenters. The van der Waals surface area contributed by atoms with Crippen LogP contribution in [0.2, 0.25) is 5.02 Å². The number of hydrogen-bond donors (Lipinski definition) is 1. The highest BCUT2D eigenvalue weighted by molar-refractivity contribution is 9.10. The van der Waals surface area contributed by atoms with Crippen molar-refractivity contribution in [3.63, 3.8) is 0 Å². The summed E-state index contributed by atoms with van der Waals surface area (Å²) in [6, 6.07) is 11.1. The Balaban J connectivity index is 2.13. The maximum Gasteiger partial charge on any atom is 0.276 e. The Bertz CT molecular complexity index is 852. The predicted molar refractivity (Wildman–Crippen MR) is 99.2 cm³/mol. The van der Waals surface area contributed by atoms with E-state index in [-0.39, 0.29) is 4.90 Å². The summed E-state index contributed by atoms with van der Waals surface area (Å²) in [5.74, 6) is 0.625. The van der Waals surface area contributed by atoms with E-state index in [1.165, 1.54) is 30.5 Å². The second-order valence-electron chi connectivity index (χ2n) is 4.59. The minimum Gasteiger partial charge on any atom is -0.490 e. The van der Waals surface area contributed by atoms with Crippen molar-refractivity contribution in [1.82, 2.24) is 4.83 Å². The Hall–Kier alpha value is -1.83. The second-order valence-corrected chi connectivity index (χ2v) is 7.54. The lowest BCUT2D eigenvalue weighted by atomic mass is 10.2. The fraction of sp³-hybridized carbons (Fsp3) is 0.0625.